The smallest absolute Gasteiger partial charge is 0.131 e. The largest absolute Gasteiger partial charge is 0.206 e. The van der Waals surface area contributed by atoms with Crippen molar-refractivity contribution in [2.75, 3.05) is 0 Å². The van der Waals surface area contributed by atoms with Crippen molar-refractivity contribution in [2.45, 2.75) is 13.8 Å². The lowest BCUT2D eigenvalue weighted by Gasteiger charge is -2.05. The Kier molecular flexibility index (Phi) is 2.55. The summed E-state index contributed by atoms with van der Waals surface area (Å²) >= 11 is 0. The van der Waals surface area contributed by atoms with E-state index < -0.39 is 0 Å². The van der Waals surface area contributed by atoms with Gasteiger partial charge in [0.15, 0.2) is 0 Å². The van der Waals surface area contributed by atoms with Crippen LogP contribution in [0.3, 0.4) is 0 Å². The summed E-state index contributed by atoms with van der Waals surface area (Å²) in [7, 11) is 0. The van der Waals surface area contributed by atoms with Crippen molar-refractivity contribution in [2.24, 2.45) is 0 Å². The molecule has 0 unspecified atom stereocenters. The average molecular weight is 200 g/mol. The van der Waals surface area contributed by atoms with Crippen LogP contribution in [0.15, 0.2) is 42.5 Å². The lowest BCUT2D eigenvalue weighted by molar-refractivity contribution is 0.630. The molecule has 2 rings (SSSR count). The van der Waals surface area contributed by atoms with Crippen molar-refractivity contribution >= 4 is 0 Å². The third-order valence-electron chi connectivity index (χ3n) is 2.45. The van der Waals surface area contributed by atoms with E-state index in [2.05, 4.69) is 0 Å². The maximum Gasteiger partial charge on any atom is 0.131 e. The molecule has 0 bridgehead atoms. The van der Waals surface area contributed by atoms with Gasteiger partial charge in [-0.3, -0.25) is 0 Å². The first-order valence-electron chi connectivity index (χ1n) is 5.00. The Morgan fingerprint density at radius 1 is 0.867 bits per heavy atom. The molecule has 0 aliphatic heterocycles. The predicted molar refractivity (Wildman–Crippen MR) is 61.3 cm³/mol. The summed E-state index contributed by atoms with van der Waals surface area (Å²) < 4.78 is 13.7. The van der Waals surface area contributed by atoms with Crippen LogP contribution in [-0.2, 0) is 0 Å². The van der Waals surface area contributed by atoms with E-state index in [-0.39, 0.29) is 5.82 Å². The van der Waals surface area contributed by atoms with Crippen LogP contribution in [0.4, 0.5) is 4.39 Å². The Morgan fingerprint density at radius 2 is 1.60 bits per heavy atom. The number of hydrogen-bond acceptors (Lipinski definition) is 0. The molecule has 0 aliphatic rings. The van der Waals surface area contributed by atoms with Gasteiger partial charge in [-0.25, -0.2) is 4.39 Å². The molecule has 0 fully saturated rings. The summed E-state index contributed by atoms with van der Waals surface area (Å²) in [6, 6.07) is 13.2. The highest BCUT2D eigenvalue weighted by molar-refractivity contribution is 5.65. The van der Waals surface area contributed by atoms with Crippen molar-refractivity contribution in [1.29, 1.82) is 0 Å². The molecule has 0 aliphatic carbocycles. The standard InChI is InChI=1S/C14H13F/c1-10-4-3-5-12(8-10)13-7-6-11(2)9-14(13)15/h3-9H,1-2H3. The summed E-state index contributed by atoms with van der Waals surface area (Å²) in [5, 5.41) is 0. The lowest BCUT2D eigenvalue weighted by atomic mass is 10.0. The highest BCUT2D eigenvalue weighted by Crippen LogP contribution is 2.24. The Hall–Kier alpha value is -1.63. The molecule has 0 atom stereocenters. The molecular formula is C14H13F. The lowest BCUT2D eigenvalue weighted by Crippen LogP contribution is -1.86. The van der Waals surface area contributed by atoms with Gasteiger partial charge >= 0.3 is 0 Å². The number of rotatable bonds is 1. The number of benzene rings is 2. The third kappa shape index (κ3) is 2.07. The van der Waals surface area contributed by atoms with Crippen LogP contribution in [0, 0.1) is 19.7 Å². The zero-order valence-electron chi connectivity index (χ0n) is 8.92. The first-order chi connectivity index (χ1) is 7.16. The first-order valence-corrected chi connectivity index (χ1v) is 5.00. The maximum absolute atomic E-state index is 13.7. The Morgan fingerprint density at radius 3 is 2.27 bits per heavy atom. The number of halogens is 1. The van der Waals surface area contributed by atoms with Gasteiger partial charge in [0.05, 0.1) is 0 Å². The van der Waals surface area contributed by atoms with E-state index in [4.69, 9.17) is 0 Å². The quantitative estimate of drug-likeness (QED) is 0.649. The van der Waals surface area contributed by atoms with Crippen LogP contribution in [0.1, 0.15) is 11.1 Å². The van der Waals surface area contributed by atoms with E-state index in [0.717, 1.165) is 16.7 Å². The molecule has 0 amide bonds. The minimum absolute atomic E-state index is 0.152. The molecule has 0 radical (unpaired) electrons. The maximum atomic E-state index is 13.7. The van der Waals surface area contributed by atoms with E-state index >= 15 is 0 Å². The zero-order chi connectivity index (χ0) is 10.8. The fourth-order valence-electron chi connectivity index (χ4n) is 1.67. The Labute approximate surface area is 89.4 Å². The molecule has 0 heterocycles. The van der Waals surface area contributed by atoms with Crippen LogP contribution in [-0.4, -0.2) is 0 Å². The molecule has 0 N–H and O–H groups in total. The third-order valence-corrected chi connectivity index (χ3v) is 2.45. The van der Waals surface area contributed by atoms with Crippen LogP contribution in [0.2, 0.25) is 0 Å². The van der Waals surface area contributed by atoms with E-state index in [0.29, 0.717) is 5.56 Å². The van der Waals surface area contributed by atoms with Crippen LogP contribution in [0.5, 0.6) is 0 Å². The van der Waals surface area contributed by atoms with Crippen LogP contribution in [0.25, 0.3) is 11.1 Å². The molecule has 0 aromatic heterocycles. The second-order valence-electron chi connectivity index (χ2n) is 3.85. The summed E-state index contributed by atoms with van der Waals surface area (Å²) in [4.78, 5) is 0. The highest BCUT2D eigenvalue weighted by atomic mass is 19.1. The number of aryl methyl sites for hydroxylation is 2. The minimum Gasteiger partial charge on any atom is -0.206 e. The molecule has 2 aromatic carbocycles. The zero-order valence-corrected chi connectivity index (χ0v) is 8.92. The van der Waals surface area contributed by atoms with Gasteiger partial charge in [-0.05, 0) is 31.0 Å². The molecule has 2 aromatic rings. The van der Waals surface area contributed by atoms with Gasteiger partial charge in [-0.15, -0.1) is 0 Å². The van der Waals surface area contributed by atoms with Gasteiger partial charge in [0.1, 0.15) is 5.82 Å². The molecule has 0 saturated heterocycles. The van der Waals surface area contributed by atoms with Crippen LogP contribution < -0.4 is 0 Å². The topological polar surface area (TPSA) is 0 Å². The fourth-order valence-corrected chi connectivity index (χ4v) is 1.67. The Bertz CT molecular complexity index is 486. The summed E-state index contributed by atoms with van der Waals surface area (Å²) in [5.74, 6) is -0.152. The highest BCUT2D eigenvalue weighted by Gasteiger charge is 2.04. The fraction of sp³-hybridized carbons (Fsp3) is 0.143. The van der Waals surface area contributed by atoms with Gasteiger partial charge < -0.3 is 0 Å². The van der Waals surface area contributed by atoms with Crippen molar-refractivity contribution in [3.05, 3.63) is 59.4 Å². The molecule has 0 nitrogen and oxygen atoms in total. The minimum atomic E-state index is -0.152. The van der Waals surface area contributed by atoms with E-state index in [1.54, 1.807) is 6.07 Å². The van der Waals surface area contributed by atoms with Crippen molar-refractivity contribution < 1.29 is 4.39 Å². The van der Waals surface area contributed by atoms with E-state index in [9.17, 15) is 4.39 Å². The summed E-state index contributed by atoms with van der Waals surface area (Å²) in [5.41, 5.74) is 3.70. The second kappa shape index (κ2) is 3.85. The van der Waals surface area contributed by atoms with Gasteiger partial charge in [-0.2, -0.15) is 0 Å². The SMILES string of the molecule is Cc1cccc(-c2ccc(C)cc2F)c1. The molecule has 0 spiro atoms. The summed E-state index contributed by atoms with van der Waals surface area (Å²) in [6.45, 7) is 3.90. The Balaban J connectivity index is 2.54. The predicted octanol–water partition coefficient (Wildman–Crippen LogP) is 4.11. The van der Waals surface area contributed by atoms with Gasteiger partial charge in [0.25, 0.3) is 0 Å². The van der Waals surface area contributed by atoms with Gasteiger partial charge in [-0.1, -0.05) is 42.0 Å². The normalized spacial score (nSPS) is 10.3. The van der Waals surface area contributed by atoms with Crippen molar-refractivity contribution in [3.63, 3.8) is 0 Å². The molecule has 76 valence electrons. The molecular weight excluding hydrogens is 187 g/mol. The van der Waals surface area contributed by atoms with Crippen molar-refractivity contribution in [3.8, 4) is 11.1 Å². The van der Waals surface area contributed by atoms with E-state index in [1.807, 2.05) is 50.2 Å². The number of hydrogen-bond donors (Lipinski definition) is 0. The molecule has 0 saturated carbocycles. The van der Waals surface area contributed by atoms with Gasteiger partial charge in [0.2, 0.25) is 0 Å². The molecule has 15 heavy (non-hydrogen) atoms. The van der Waals surface area contributed by atoms with E-state index in [1.165, 1.54) is 0 Å². The second-order valence-corrected chi connectivity index (χ2v) is 3.85. The monoisotopic (exact) mass is 200 g/mol. The first kappa shape index (κ1) is 9.91. The molecule has 1 heteroatoms. The van der Waals surface area contributed by atoms with Crippen LogP contribution >= 0.6 is 0 Å². The average Bonchev–Trinajstić information content (AvgIpc) is 2.17. The summed E-state index contributed by atoms with van der Waals surface area (Å²) in [6.07, 6.45) is 0. The van der Waals surface area contributed by atoms with Gasteiger partial charge in [0, 0.05) is 5.56 Å². The van der Waals surface area contributed by atoms with Crippen molar-refractivity contribution in [1.82, 2.24) is 0 Å².